The highest BCUT2D eigenvalue weighted by molar-refractivity contribution is 4.77. The molecule has 0 amide bonds. The molecular formula is C32H72O12. The number of aliphatic hydroxyl groups excluding tert-OH is 10. The Balaban J connectivity index is -0.000000246. The van der Waals surface area contributed by atoms with Gasteiger partial charge in [-0.15, -0.1) is 0 Å². The lowest BCUT2D eigenvalue weighted by atomic mass is 9.88. The summed E-state index contributed by atoms with van der Waals surface area (Å²) in [5, 5.41) is 88.3. The van der Waals surface area contributed by atoms with Crippen LogP contribution in [0.2, 0.25) is 0 Å². The minimum absolute atomic E-state index is 0.00781. The molecule has 0 aliphatic heterocycles. The van der Waals surface area contributed by atoms with Gasteiger partial charge in [-0.2, -0.15) is 0 Å². The second-order valence-electron chi connectivity index (χ2n) is 11.8. The Morgan fingerprint density at radius 2 is 0.545 bits per heavy atom. The van der Waals surface area contributed by atoms with Crippen LogP contribution in [-0.4, -0.2) is 144 Å². The fourth-order valence-electron chi connectivity index (χ4n) is 2.97. The normalized spacial score (nSPS) is 12.0. The molecule has 0 bridgehead atoms. The van der Waals surface area contributed by atoms with Crippen LogP contribution in [0.5, 0.6) is 0 Å². The van der Waals surface area contributed by atoms with E-state index in [1.165, 1.54) is 0 Å². The molecule has 0 aromatic rings. The molecular weight excluding hydrogens is 576 g/mol. The zero-order chi connectivity index (χ0) is 35.0. The van der Waals surface area contributed by atoms with Gasteiger partial charge in [-0.1, -0.05) is 54.4 Å². The minimum Gasteiger partial charge on any atom is -0.396 e. The predicted octanol–water partition coefficient (Wildman–Crippen LogP) is 1.09. The van der Waals surface area contributed by atoms with Crippen molar-refractivity contribution in [3.05, 3.63) is 0 Å². The van der Waals surface area contributed by atoms with E-state index in [2.05, 4.69) is 13.8 Å². The number of hydrogen-bond acceptors (Lipinski definition) is 12. The van der Waals surface area contributed by atoms with E-state index in [9.17, 15) is 0 Å². The van der Waals surface area contributed by atoms with E-state index >= 15 is 0 Å². The molecule has 0 heterocycles. The van der Waals surface area contributed by atoms with Gasteiger partial charge in [0.15, 0.2) is 0 Å². The summed E-state index contributed by atoms with van der Waals surface area (Å²) in [4.78, 5) is 0. The van der Waals surface area contributed by atoms with Crippen molar-refractivity contribution in [3.8, 4) is 0 Å². The molecule has 0 spiro atoms. The van der Waals surface area contributed by atoms with Gasteiger partial charge in [-0.05, 0) is 38.5 Å². The van der Waals surface area contributed by atoms with Crippen LogP contribution >= 0.6 is 0 Å². The Bertz CT molecular complexity index is 450. The van der Waals surface area contributed by atoms with E-state index in [1.807, 2.05) is 27.7 Å². The van der Waals surface area contributed by atoms with Crippen molar-refractivity contribution in [1.29, 1.82) is 0 Å². The molecule has 12 heteroatoms. The fourth-order valence-corrected chi connectivity index (χ4v) is 2.97. The van der Waals surface area contributed by atoms with E-state index in [0.29, 0.717) is 26.1 Å². The molecule has 0 aliphatic carbocycles. The van der Waals surface area contributed by atoms with Gasteiger partial charge in [-0.3, -0.25) is 0 Å². The second kappa shape index (κ2) is 32.5. The van der Waals surface area contributed by atoms with E-state index < -0.39 is 21.7 Å². The third-order valence-corrected chi connectivity index (χ3v) is 8.46. The van der Waals surface area contributed by atoms with Gasteiger partial charge in [0.05, 0.1) is 79.3 Å². The molecule has 44 heavy (non-hydrogen) atoms. The third kappa shape index (κ3) is 22.1. The van der Waals surface area contributed by atoms with Crippen LogP contribution in [0.25, 0.3) is 0 Å². The predicted molar refractivity (Wildman–Crippen MR) is 173 cm³/mol. The summed E-state index contributed by atoms with van der Waals surface area (Å²) in [5.41, 5.74) is -2.21. The highest BCUT2D eigenvalue weighted by atomic mass is 16.5. The Morgan fingerprint density at radius 3 is 0.659 bits per heavy atom. The largest absolute Gasteiger partial charge is 0.396 e. The Hall–Kier alpha value is -0.480. The molecule has 10 N–H and O–H groups in total. The maximum atomic E-state index is 9.09. The van der Waals surface area contributed by atoms with Crippen LogP contribution in [0.4, 0.5) is 0 Å². The molecule has 0 unspecified atom stereocenters. The van der Waals surface area contributed by atoms with Crippen LogP contribution in [0.3, 0.4) is 0 Å². The lowest BCUT2D eigenvalue weighted by Crippen LogP contribution is -2.34. The Morgan fingerprint density at radius 1 is 0.341 bits per heavy atom. The van der Waals surface area contributed by atoms with Crippen LogP contribution in [0.15, 0.2) is 0 Å². The van der Waals surface area contributed by atoms with Crippen molar-refractivity contribution in [2.75, 3.05) is 92.5 Å². The number of hydrogen-bond donors (Lipinski definition) is 10. The van der Waals surface area contributed by atoms with Crippen molar-refractivity contribution < 1.29 is 60.5 Å². The smallest absolute Gasteiger partial charge is 0.0566 e. The minimum atomic E-state index is -0.667. The third-order valence-electron chi connectivity index (χ3n) is 8.46. The molecule has 0 aromatic carbocycles. The quantitative estimate of drug-likeness (QED) is 0.0665. The van der Waals surface area contributed by atoms with E-state index in [0.717, 1.165) is 51.7 Å². The van der Waals surface area contributed by atoms with Gasteiger partial charge in [0.25, 0.3) is 0 Å². The second-order valence-corrected chi connectivity index (χ2v) is 11.8. The number of rotatable bonds is 24. The Kier molecular flexibility index (Phi) is 37.2. The molecule has 0 fully saturated rings. The van der Waals surface area contributed by atoms with Crippen molar-refractivity contribution >= 4 is 0 Å². The summed E-state index contributed by atoms with van der Waals surface area (Å²) in [6.07, 6.45) is 6.97. The van der Waals surface area contributed by atoms with Crippen LogP contribution in [0, 0.1) is 21.7 Å². The molecule has 12 nitrogen and oxygen atoms in total. The summed E-state index contributed by atoms with van der Waals surface area (Å²) in [5.74, 6) is 0. The molecule has 0 aliphatic rings. The molecule has 272 valence electrons. The molecule has 0 saturated heterocycles. The van der Waals surface area contributed by atoms with E-state index in [4.69, 9.17) is 60.5 Å². The average Bonchev–Trinajstić information content (AvgIpc) is 3.09. The molecule has 0 saturated carbocycles. The van der Waals surface area contributed by atoms with Gasteiger partial charge >= 0.3 is 0 Å². The molecule has 0 aromatic heterocycles. The first-order chi connectivity index (χ1) is 21.0. The first-order valence-electron chi connectivity index (χ1n) is 16.2. The van der Waals surface area contributed by atoms with Crippen molar-refractivity contribution in [2.45, 2.75) is 92.9 Å². The standard InChI is InChI=1S/2C10H22O3.2C6H14O3/c2*1-3-5-6-13-9-10(4-2,7-11)8-12;2*1-2-6(3-7,4-8)5-9/h2*11-12H,3-9H2,1-2H3;2*7-9H,2-5H2,1H3. The number of aliphatic hydroxyl groups is 10. The summed E-state index contributed by atoms with van der Waals surface area (Å²) in [7, 11) is 0. The topological polar surface area (TPSA) is 221 Å². The van der Waals surface area contributed by atoms with Crippen molar-refractivity contribution in [1.82, 2.24) is 0 Å². The van der Waals surface area contributed by atoms with Crippen LogP contribution in [-0.2, 0) is 9.47 Å². The monoisotopic (exact) mass is 649 g/mol. The van der Waals surface area contributed by atoms with Gasteiger partial charge in [0, 0.05) is 34.9 Å². The maximum Gasteiger partial charge on any atom is 0.0566 e. The lowest BCUT2D eigenvalue weighted by molar-refractivity contribution is -0.0305. The zero-order valence-electron chi connectivity index (χ0n) is 28.8. The highest BCUT2D eigenvalue weighted by Gasteiger charge is 2.28. The molecule has 0 rings (SSSR count). The first kappa shape index (κ1) is 50.4. The SMILES string of the molecule is CCC(CO)(CO)CO.CCC(CO)(CO)CO.CCCCOCC(CC)(CO)CO.CCCCOCC(CC)(CO)CO. The average molecular weight is 649 g/mol. The molecule has 0 radical (unpaired) electrons. The zero-order valence-corrected chi connectivity index (χ0v) is 28.8. The van der Waals surface area contributed by atoms with Crippen molar-refractivity contribution in [2.24, 2.45) is 21.7 Å². The first-order valence-corrected chi connectivity index (χ1v) is 16.2. The van der Waals surface area contributed by atoms with Crippen LogP contribution < -0.4 is 0 Å². The van der Waals surface area contributed by atoms with Gasteiger partial charge in [0.2, 0.25) is 0 Å². The van der Waals surface area contributed by atoms with Gasteiger partial charge < -0.3 is 60.5 Å². The maximum absolute atomic E-state index is 9.09. The fraction of sp³-hybridized carbons (Fsp3) is 1.00. The van der Waals surface area contributed by atoms with E-state index in [-0.39, 0.29) is 66.1 Å². The van der Waals surface area contributed by atoms with Gasteiger partial charge in [-0.25, -0.2) is 0 Å². The van der Waals surface area contributed by atoms with Crippen molar-refractivity contribution in [3.63, 3.8) is 0 Å². The molecule has 0 atom stereocenters. The summed E-state index contributed by atoms with van der Waals surface area (Å²) >= 11 is 0. The number of unbranched alkanes of at least 4 members (excludes halogenated alkanes) is 2. The lowest BCUT2D eigenvalue weighted by Gasteiger charge is -2.27. The van der Waals surface area contributed by atoms with Gasteiger partial charge in [0.1, 0.15) is 0 Å². The number of ether oxygens (including phenoxy) is 2. The summed E-state index contributed by atoms with van der Waals surface area (Å²) in [6.45, 7) is 13.1. The van der Waals surface area contributed by atoms with Crippen LogP contribution in [0.1, 0.15) is 92.9 Å². The van der Waals surface area contributed by atoms with E-state index in [1.54, 1.807) is 0 Å². The highest BCUT2D eigenvalue weighted by Crippen LogP contribution is 2.22. The summed E-state index contributed by atoms with van der Waals surface area (Å²) < 4.78 is 10.8. The Labute approximate surface area is 267 Å². The summed E-state index contributed by atoms with van der Waals surface area (Å²) in [6, 6.07) is 0.